The lowest BCUT2D eigenvalue weighted by Crippen LogP contribution is -2.51. The van der Waals surface area contributed by atoms with Gasteiger partial charge in [0.2, 0.25) is 5.91 Å². The van der Waals surface area contributed by atoms with Gasteiger partial charge in [0.25, 0.3) is 0 Å². The normalized spacial score (nSPS) is 18.5. The van der Waals surface area contributed by atoms with Gasteiger partial charge in [0.05, 0.1) is 5.92 Å². The van der Waals surface area contributed by atoms with E-state index >= 15 is 0 Å². The van der Waals surface area contributed by atoms with Gasteiger partial charge in [-0.1, -0.05) is 62.1 Å². The fourth-order valence-corrected chi connectivity index (χ4v) is 6.09. The minimum absolute atomic E-state index is 0.00330. The third-order valence-electron chi connectivity index (χ3n) is 7.90. The van der Waals surface area contributed by atoms with Crippen molar-refractivity contribution in [3.8, 4) is 0 Å². The number of likely N-dealkylation sites (tertiary alicyclic amines) is 1. The molecule has 2 aromatic rings. The van der Waals surface area contributed by atoms with Gasteiger partial charge >= 0.3 is 12.0 Å². The second-order valence-corrected chi connectivity index (χ2v) is 10.9. The van der Waals surface area contributed by atoms with Crippen LogP contribution in [0.5, 0.6) is 0 Å². The minimum Gasteiger partial charge on any atom is -0.476 e. The van der Waals surface area contributed by atoms with E-state index in [0.717, 1.165) is 62.5 Å². The second-order valence-electron chi connectivity index (χ2n) is 10.5. The van der Waals surface area contributed by atoms with Crippen LogP contribution in [0.1, 0.15) is 98.6 Å². The second kappa shape index (κ2) is 12.7. The molecule has 9 nitrogen and oxygen atoms in total. The number of carboxylic acids is 1. The Labute approximate surface area is 228 Å². The molecular formula is C28H38ClN5O4. The van der Waals surface area contributed by atoms with Crippen molar-refractivity contribution in [2.75, 3.05) is 6.54 Å². The number of amides is 3. The third kappa shape index (κ3) is 6.31. The van der Waals surface area contributed by atoms with E-state index in [4.69, 9.17) is 11.6 Å². The predicted octanol–water partition coefficient (Wildman–Crippen LogP) is 5.12. The minimum atomic E-state index is -1.11. The van der Waals surface area contributed by atoms with Crippen molar-refractivity contribution in [3.05, 3.63) is 52.1 Å². The molecule has 1 aliphatic heterocycles. The molecule has 3 amide bonds. The number of urea groups is 1. The number of nitrogens with one attached hydrogen (secondary N) is 2. The topological polar surface area (TPSA) is 117 Å². The molecule has 38 heavy (non-hydrogen) atoms. The first-order chi connectivity index (χ1) is 18.3. The highest BCUT2D eigenvalue weighted by atomic mass is 35.5. The number of rotatable bonds is 9. The number of benzene rings is 1. The Kier molecular flexibility index (Phi) is 9.31. The SMILES string of the molecule is CCCCc1nc(Cl)c(C(=O)O)n1Cc1ccc(C(C(=O)NNC(=O)N2CCC[C@H]2C)C2CCCC2)cc1. The number of hydrogen-bond acceptors (Lipinski definition) is 4. The Morgan fingerprint density at radius 3 is 2.42 bits per heavy atom. The third-order valence-corrected chi connectivity index (χ3v) is 8.16. The van der Waals surface area contributed by atoms with Crippen LogP contribution >= 0.6 is 11.6 Å². The summed E-state index contributed by atoms with van der Waals surface area (Å²) >= 11 is 6.18. The summed E-state index contributed by atoms with van der Waals surface area (Å²) in [5, 5.41) is 9.72. The van der Waals surface area contributed by atoms with Crippen LogP contribution < -0.4 is 10.9 Å². The van der Waals surface area contributed by atoms with Gasteiger partial charge in [0.15, 0.2) is 10.8 Å². The summed E-state index contributed by atoms with van der Waals surface area (Å²) < 4.78 is 1.67. The van der Waals surface area contributed by atoms with Gasteiger partial charge in [0, 0.05) is 25.6 Å². The van der Waals surface area contributed by atoms with E-state index in [-0.39, 0.29) is 40.7 Å². The fraction of sp³-hybridized carbons (Fsp3) is 0.571. The highest BCUT2D eigenvalue weighted by molar-refractivity contribution is 6.32. The molecule has 4 rings (SSSR count). The van der Waals surface area contributed by atoms with Crippen LogP contribution in [0, 0.1) is 5.92 Å². The fourth-order valence-electron chi connectivity index (χ4n) is 5.81. The van der Waals surface area contributed by atoms with Crippen molar-refractivity contribution in [2.24, 2.45) is 5.92 Å². The van der Waals surface area contributed by atoms with Gasteiger partial charge in [-0.25, -0.2) is 20.0 Å². The van der Waals surface area contributed by atoms with Crippen LogP contribution in [0.3, 0.4) is 0 Å². The summed E-state index contributed by atoms with van der Waals surface area (Å²) in [4.78, 5) is 43.8. The van der Waals surface area contributed by atoms with E-state index in [1.54, 1.807) is 9.47 Å². The number of nitrogens with zero attached hydrogens (tertiary/aromatic N) is 3. The molecule has 1 unspecified atom stereocenters. The Morgan fingerprint density at radius 1 is 1.11 bits per heavy atom. The van der Waals surface area contributed by atoms with Crippen LogP contribution in [0.25, 0.3) is 0 Å². The molecule has 2 fully saturated rings. The number of carboxylic acid groups (broad SMARTS) is 1. The van der Waals surface area contributed by atoms with Gasteiger partial charge in [-0.2, -0.15) is 0 Å². The summed E-state index contributed by atoms with van der Waals surface area (Å²) in [5.41, 5.74) is 7.08. The molecule has 206 valence electrons. The van der Waals surface area contributed by atoms with Crippen molar-refractivity contribution in [1.82, 2.24) is 25.3 Å². The monoisotopic (exact) mass is 543 g/mol. The van der Waals surface area contributed by atoms with Crippen molar-refractivity contribution in [1.29, 1.82) is 0 Å². The molecular weight excluding hydrogens is 506 g/mol. The predicted molar refractivity (Wildman–Crippen MR) is 145 cm³/mol. The lowest BCUT2D eigenvalue weighted by Gasteiger charge is -2.26. The standard InChI is InChI=1S/C28H38ClN5O4/c1-3-4-11-22-30-25(29)24(27(36)37)34(22)17-19-12-14-21(15-13-19)23(20-9-5-6-10-20)26(35)31-32-28(38)33-16-7-8-18(33)2/h12-15,18,20,23H,3-11,16-17H2,1-2H3,(H,31,35)(H,32,38)(H,36,37)/t18-,23?/m1/s1. The number of carbonyl (C=O) groups excluding carboxylic acids is 2. The van der Waals surface area contributed by atoms with E-state index in [0.29, 0.717) is 25.3 Å². The zero-order valence-electron chi connectivity index (χ0n) is 22.2. The highest BCUT2D eigenvalue weighted by Gasteiger charge is 2.33. The van der Waals surface area contributed by atoms with Crippen LogP contribution in [-0.2, 0) is 17.8 Å². The van der Waals surface area contributed by atoms with E-state index in [9.17, 15) is 19.5 Å². The Morgan fingerprint density at radius 2 is 1.82 bits per heavy atom. The van der Waals surface area contributed by atoms with E-state index in [1.807, 2.05) is 31.2 Å². The van der Waals surface area contributed by atoms with Crippen LogP contribution in [0.4, 0.5) is 4.79 Å². The first-order valence-corrected chi connectivity index (χ1v) is 14.1. The molecule has 10 heteroatoms. The average molecular weight is 544 g/mol. The number of aromatic nitrogens is 2. The average Bonchev–Trinajstić information content (AvgIpc) is 3.63. The Hall–Kier alpha value is -3.07. The maximum absolute atomic E-state index is 13.3. The lowest BCUT2D eigenvalue weighted by molar-refractivity contribution is -0.124. The van der Waals surface area contributed by atoms with Gasteiger partial charge in [-0.15, -0.1) is 0 Å². The van der Waals surface area contributed by atoms with E-state index in [2.05, 4.69) is 22.8 Å². The smallest absolute Gasteiger partial charge is 0.355 e. The van der Waals surface area contributed by atoms with Crippen molar-refractivity contribution >= 4 is 29.5 Å². The van der Waals surface area contributed by atoms with Gasteiger partial charge < -0.3 is 14.6 Å². The van der Waals surface area contributed by atoms with Crippen LogP contribution in [-0.4, -0.2) is 50.1 Å². The Balaban J connectivity index is 1.50. The van der Waals surface area contributed by atoms with Crippen molar-refractivity contribution < 1.29 is 19.5 Å². The molecule has 0 radical (unpaired) electrons. The number of hydrogen-bond donors (Lipinski definition) is 3. The van der Waals surface area contributed by atoms with Gasteiger partial charge in [-0.3, -0.25) is 10.2 Å². The van der Waals surface area contributed by atoms with Crippen molar-refractivity contribution in [2.45, 2.75) is 90.1 Å². The maximum atomic E-state index is 13.3. The first kappa shape index (κ1) is 28.0. The van der Waals surface area contributed by atoms with E-state index in [1.165, 1.54) is 0 Å². The summed E-state index contributed by atoms with van der Waals surface area (Å²) in [6.45, 7) is 5.11. The van der Waals surface area contributed by atoms with Gasteiger partial charge in [0.1, 0.15) is 5.82 Å². The summed E-state index contributed by atoms with van der Waals surface area (Å²) in [7, 11) is 0. The highest BCUT2D eigenvalue weighted by Crippen LogP contribution is 2.37. The molecule has 1 aliphatic carbocycles. The first-order valence-electron chi connectivity index (χ1n) is 13.7. The maximum Gasteiger partial charge on any atom is 0.355 e. The molecule has 0 spiro atoms. The molecule has 2 atom stereocenters. The number of hydrazine groups is 1. The molecule has 2 heterocycles. The van der Waals surface area contributed by atoms with Crippen LogP contribution in [0.15, 0.2) is 24.3 Å². The number of imidazole rings is 1. The summed E-state index contributed by atoms with van der Waals surface area (Å²) in [6.07, 6.45) is 8.54. The molecule has 2 aliphatic rings. The lowest BCUT2D eigenvalue weighted by atomic mass is 9.84. The van der Waals surface area contributed by atoms with Gasteiger partial charge in [-0.05, 0) is 56.1 Å². The number of halogens is 1. The quantitative estimate of drug-likeness (QED) is 0.379. The number of carbonyl (C=O) groups is 3. The van der Waals surface area contributed by atoms with Crippen molar-refractivity contribution in [3.63, 3.8) is 0 Å². The van der Waals surface area contributed by atoms with E-state index < -0.39 is 5.97 Å². The molecule has 1 saturated heterocycles. The number of unbranched alkanes of at least 4 members (excludes halogenated alkanes) is 1. The summed E-state index contributed by atoms with van der Waals surface area (Å²) in [6, 6.07) is 7.63. The number of aryl methyl sites for hydroxylation is 1. The molecule has 1 aromatic heterocycles. The zero-order chi connectivity index (χ0) is 27.2. The largest absolute Gasteiger partial charge is 0.476 e. The zero-order valence-corrected chi connectivity index (χ0v) is 23.0. The Bertz CT molecular complexity index is 1140. The molecule has 3 N–H and O–H groups in total. The van der Waals surface area contributed by atoms with Crippen LogP contribution in [0.2, 0.25) is 5.15 Å². The molecule has 1 aromatic carbocycles. The molecule has 1 saturated carbocycles. The number of aromatic carboxylic acids is 1. The summed E-state index contributed by atoms with van der Waals surface area (Å²) in [5.74, 6) is -0.827. The molecule has 0 bridgehead atoms.